The summed E-state index contributed by atoms with van der Waals surface area (Å²) in [5.74, 6) is 0.777. The fraction of sp³-hybridized carbons (Fsp3) is 0.100. The molecule has 0 N–H and O–H groups in total. The van der Waals surface area contributed by atoms with Gasteiger partial charge < -0.3 is 0 Å². The molecule has 0 aliphatic rings. The van der Waals surface area contributed by atoms with Gasteiger partial charge in [0.15, 0.2) is 5.16 Å². The van der Waals surface area contributed by atoms with Crippen LogP contribution in [0.15, 0.2) is 75.8 Å². The van der Waals surface area contributed by atoms with Crippen LogP contribution in [-0.2, 0) is 12.3 Å². The molecule has 0 amide bonds. The largest absolute Gasteiger partial charge is 0.283 e. The van der Waals surface area contributed by atoms with Crippen LogP contribution in [0.1, 0.15) is 5.56 Å². The van der Waals surface area contributed by atoms with Crippen LogP contribution in [0.4, 0.5) is 0 Å². The molecule has 26 heavy (non-hydrogen) atoms. The minimum Gasteiger partial charge on any atom is -0.283 e. The van der Waals surface area contributed by atoms with Crippen LogP contribution in [0.25, 0.3) is 20.7 Å². The van der Waals surface area contributed by atoms with Gasteiger partial charge >= 0.3 is 0 Å². The van der Waals surface area contributed by atoms with Gasteiger partial charge in [0.2, 0.25) is 0 Å². The summed E-state index contributed by atoms with van der Waals surface area (Å²) in [5.41, 5.74) is 2.20. The van der Waals surface area contributed by atoms with Crippen LogP contribution in [-0.4, -0.2) is 9.55 Å². The lowest BCUT2D eigenvalue weighted by atomic mass is 10.2. The van der Waals surface area contributed by atoms with E-state index in [0.717, 1.165) is 26.2 Å². The second-order valence-corrected chi connectivity index (χ2v) is 8.43. The van der Waals surface area contributed by atoms with E-state index in [1.165, 1.54) is 16.9 Å². The Labute approximate surface area is 163 Å². The summed E-state index contributed by atoms with van der Waals surface area (Å²) in [7, 11) is 0. The molecule has 1 aromatic carbocycles. The van der Waals surface area contributed by atoms with Crippen LogP contribution in [0.2, 0.25) is 0 Å². The van der Waals surface area contributed by atoms with E-state index in [2.05, 4.69) is 18.7 Å². The van der Waals surface area contributed by atoms with E-state index in [4.69, 9.17) is 4.98 Å². The van der Waals surface area contributed by atoms with Gasteiger partial charge in [0.25, 0.3) is 5.56 Å². The topological polar surface area (TPSA) is 34.9 Å². The van der Waals surface area contributed by atoms with Gasteiger partial charge in [-0.25, -0.2) is 4.98 Å². The van der Waals surface area contributed by atoms with E-state index in [0.29, 0.717) is 11.9 Å². The van der Waals surface area contributed by atoms with Crippen LogP contribution >= 0.6 is 34.4 Å². The Balaban J connectivity index is 1.79. The zero-order valence-corrected chi connectivity index (χ0v) is 16.4. The normalized spacial score (nSPS) is 11.1. The second kappa shape index (κ2) is 7.61. The molecule has 3 aromatic heterocycles. The van der Waals surface area contributed by atoms with Gasteiger partial charge in [0.05, 0.1) is 5.39 Å². The molecule has 0 unspecified atom stereocenters. The summed E-state index contributed by atoms with van der Waals surface area (Å²) < 4.78 is 1.73. The smallest absolute Gasteiger partial charge is 0.263 e. The van der Waals surface area contributed by atoms with Crippen LogP contribution in [0.3, 0.4) is 0 Å². The number of rotatable bonds is 6. The molecule has 0 spiro atoms. The Morgan fingerprint density at radius 3 is 2.73 bits per heavy atom. The van der Waals surface area contributed by atoms with Gasteiger partial charge in [-0.15, -0.1) is 29.3 Å². The van der Waals surface area contributed by atoms with Crippen molar-refractivity contribution in [3.8, 4) is 10.4 Å². The number of thiophene rings is 2. The number of fused-ring (bicyclic) bond motifs is 1. The quantitative estimate of drug-likeness (QED) is 0.239. The number of aromatic nitrogens is 2. The molecular formula is C20H16N2OS3. The number of allylic oxidation sites excluding steroid dienone is 1. The van der Waals surface area contributed by atoms with Gasteiger partial charge in [-0.2, -0.15) is 0 Å². The number of benzene rings is 1. The zero-order chi connectivity index (χ0) is 17.9. The van der Waals surface area contributed by atoms with Gasteiger partial charge in [-0.3, -0.25) is 9.36 Å². The van der Waals surface area contributed by atoms with Crippen molar-refractivity contribution < 1.29 is 0 Å². The van der Waals surface area contributed by atoms with Crippen molar-refractivity contribution in [3.05, 3.63) is 81.8 Å². The van der Waals surface area contributed by atoms with Gasteiger partial charge in [-0.05, 0) is 17.0 Å². The maximum atomic E-state index is 13.2. The fourth-order valence-corrected chi connectivity index (χ4v) is 5.51. The molecule has 0 saturated carbocycles. The first-order chi connectivity index (χ1) is 12.8. The van der Waals surface area contributed by atoms with E-state index in [9.17, 15) is 4.79 Å². The third kappa shape index (κ3) is 3.28. The highest BCUT2D eigenvalue weighted by Crippen LogP contribution is 2.34. The van der Waals surface area contributed by atoms with Crippen molar-refractivity contribution in [1.82, 2.24) is 9.55 Å². The highest BCUT2D eigenvalue weighted by atomic mass is 32.2. The fourth-order valence-electron chi connectivity index (χ4n) is 2.74. The summed E-state index contributed by atoms with van der Waals surface area (Å²) in [6.07, 6.45) is 1.75. The predicted molar refractivity (Wildman–Crippen MR) is 113 cm³/mol. The summed E-state index contributed by atoms with van der Waals surface area (Å²) in [6.45, 7) is 4.26. The minimum atomic E-state index is 0.00936. The SMILES string of the molecule is C=CCn1c(SCc2ccccc2)nc2scc(-c3cccs3)c2c1=O. The van der Waals surface area contributed by atoms with Crippen LogP contribution in [0, 0.1) is 0 Å². The molecule has 0 fully saturated rings. The Morgan fingerprint density at radius 2 is 2.00 bits per heavy atom. The standard InChI is InChI=1S/C20H16N2OS3/c1-2-10-22-19(23)17-15(16-9-6-11-24-16)13-25-18(17)21-20(22)26-12-14-7-4-3-5-8-14/h2-9,11,13H,1,10,12H2. The lowest BCUT2D eigenvalue weighted by Crippen LogP contribution is -2.22. The van der Waals surface area contributed by atoms with Crippen molar-refractivity contribution in [1.29, 1.82) is 0 Å². The Hall–Kier alpha value is -2.15. The monoisotopic (exact) mass is 396 g/mol. The molecule has 3 nitrogen and oxygen atoms in total. The molecule has 130 valence electrons. The van der Waals surface area contributed by atoms with Gasteiger partial charge in [0, 0.05) is 28.1 Å². The summed E-state index contributed by atoms with van der Waals surface area (Å²) in [4.78, 5) is 19.9. The molecule has 0 atom stereocenters. The van der Waals surface area contributed by atoms with E-state index in [1.54, 1.807) is 33.7 Å². The first kappa shape index (κ1) is 17.3. The van der Waals surface area contributed by atoms with E-state index >= 15 is 0 Å². The highest BCUT2D eigenvalue weighted by molar-refractivity contribution is 7.98. The first-order valence-corrected chi connectivity index (χ1v) is 10.9. The van der Waals surface area contributed by atoms with Crippen LogP contribution < -0.4 is 5.56 Å². The third-order valence-electron chi connectivity index (χ3n) is 3.97. The maximum Gasteiger partial charge on any atom is 0.263 e. The van der Waals surface area contributed by atoms with E-state index in [1.807, 2.05) is 41.1 Å². The predicted octanol–water partition coefficient (Wildman–Crippen LogP) is 5.66. The molecule has 0 aliphatic heterocycles. The van der Waals surface area contributed by atoms with Gasteiger partial charge in [0.1, 0.15) is 4.83 Å². The molecule has 6 heteroatoms. The molecule has 0 aliphatic carbocycles. The van der Waals surface area contributed by atoms with Gasteiger partial charge in [-0.1, -0.05) is 54.2 Å². The van der Waals surface area contributed by atoms with E-state index in [-0.39, 0.29) is 5.56 Å². The summed E-state index contributed by atoms with van der Waals surface area (Å²) in [6, 6.07) is 14.3. The summed E-state index contributed by atoms with van der Waals surface area (Å²) in [5, 5.41) is 5.52. The molecule has 4 aromatic rings. The zero-order valence-electron chi connectivity index (χ0n) is 13.9. The minimum absolute atomic E-state index is 0.00936. The number of nitrogens with zero attached hydrogens (tertiary/aromatic N) is 2. The van der Waals surface area contributed by atoms with Crippen molar-refractivity contribution in [2.75, 3.05) is 0 Å². The molecule has 3 heterocycles. The lowest BCUT2D eigenvalue weighted by Gasteiger charge is -2.10. The first-order valence-electron chi connectivity index (χ1n) is 8.11. The van der Waals surface area contributed by atoms with Crippen molar-refractivity contribution in [3.63, 3.8) is 0 Å². The molecular weight excluding hydrogens is 380 g/mol. The van der Waals surface area contributed by atoms with Crippen molar-refractivity contribution in [2.45, 2.75) is 17.5 Å². The Bertz CT molecular complexity index is 1100. The Morgan fingerprint density at radius 1 is 1.15 bits per heavy atom. The summed E-state index contributed by atoms with van der Waals surface area (Å²) >= 11 is 4.76. The van der Waals surface area contributed by atoms with Crippen molar-refractivity contribution in [2.24, 2.45) is 0 Å². The average molecular weight is 397 g/mol. The van der Waals surface area contributed by atoms with E-state index < -0.39 is 0 Å². The number of hydrogen-bond acceptors (Lipinski definition) is 5. The maximum absolute atomic E-state index is 13.2. The number of thioether (sulfide) groups is 1. The van der Waals surface area contributed by atoms with Crippen molar-refractivity contribution >= 4 is 44.7 Å². The molecule has 4 rings (SSSR count). The highest BCUT2D eigenvalue weighted by Gasteiger charge is 2.17. The lowest BCUT2D eigenvalue weighted by molar-refractivity contribution is 0.673. The number of hydrogen-bond donors (Lipinski definition) is 0. The third-order valence-corrected chi connectivity index (χ3v) is 6.79. The Kier molecular flexibility index (Phi) is 5.06. The second-order valence-electron chi connectivity index (χ2n) is 5.68. The average Bonchev–Trinajstić information content (AvgIpc) is 3.33. The molecule has 0 bridgehead atoms. The molecule has 0 radical (unpaired) electrons. The van der Waals surface area contributed by atoms with Crippen LogP contribution in [0.5, 0.6) is 0 Å². The molecule has 0 saturated heterocycles.